The Morgan fingerprint density at radius 2 is 2.00 bits per heavy atom. The molecule has 3 rings (SSSR count). The number of benzene rings is 1. The monoisotopic (exact) mass is 376 g/mol. The number of aromatic nitrogens is 2. The fourth-order valence-electron chi connectivity index (χ4n) is 2.98. The Morgan fingerprint density at radius 3 is 2.65 bits per heavy atom. The fourth-order valence-corrected chi connectivity index (χ4v) is 3.15. The van der Waals surface area contributed by atoms with Gasteiger partial charge in [0, 0.05) is 26.1 Å². The normalized spacial score (nSPS) is 16.2. The minimum Gasteiger partial charge on any atom is -0.497 e. The van der Waals surface area contributed by atoms with Crippen LogP contribution in [0.5, 0.6) is 17.4 Å². The van der Waals surface area contributed by atoms with Gasteiger partial charge in [0.2, 0.25) is 5.88 Å². The molecule has 0 radical (unpaired) electrons. The van der Waals surface area contributed by atoms with Crippen LogP contribution >= 0.6 is 12.2 Å². The molecule has 0 aliphatic carbocycles. The quantitative estimate of drug-likeness (QED) is 0.788. The summed E-state index contributed by atoms with van der Waals surface area (Å²) in [6.45, 7) is 0. The lowest BCUT2D eigenvalue weighted by molar-refractivity contribution is 0.392. The van der Waals surface area contributed by atoms with Crippen molar-refractivity contribution in [1.82, 2.24) is 14.6 Å². The van der Waals surface area contributed by atoms with E-state index < -0.39 is 0 Å². The van der Waals surface area contributed by atoms with Crippen LogP contribution in [0.4, 0.5) is 0 Å². The highest BCUT2D eigenvalue weighted by Crippen LogP contribution is 2.34. The van der Waals surface area contributed by atoms with Crippen molar-refractivity contribution in [2.24, 2.45) is 19.2 Å². The summed E-state index contributed by atoms with van der Waals surface area (Å²) >= 11 is 5.14. The first kappa shape index (κ1) is 18.0. The van der Waals surface area contributed by atoms with E-state index >= 15 is 0 Å². The summed E-state index contributed by atoms with van der Waals surface area (Å²) in [5.41, 5.74) is 4.08. The van der Waals surface area contributed by atoms with E-state index in [1.807, 2.05) is 18.2 Å². The fraction of sp³-hybridized carbons (Fsp3) is 0.353. The third-order valence-electron chi connectivity index (χ3n) is 4.49. The summed E-state index contributed by atoms with van der Waals surface area (Å²) in [5.74, 6) is 1.18. The topological polar surface area (TPSA) is 90.0 Å². The van der Waals surface area contributed by atoms with Gasteiger partial charge in [-0.15, -0.1) is 0 Å². The number of aromatic hydroxyl groups is 1. The van der Waals surface area contributed by atoms with Crippen molar-refractivity contribution < 1.29 is 14.6 Å². The molecule has 1 aromatic carbocycles. The molecule has 2 N–H and O–H groups in total. The van der Waals surface area contributed by atoms with Gasteiger partial charge in [0.25, 0.3) is 5.56 Å². The number of ether oxygens (including phenoxy) is 2. The van der Waals surface area contributed by atoms with Gasteiger partial charge in [0.15, 0.2) is 4.77 Å². The summed E-state index contributed by atoms with van der Waals surface area (Å²) in [6.07, 6.45) is 0.406. The number of hydrogen-bond donors (Lipinski definition) is 2. The Hall–Kier alpha value is -2.81. The summed E-state index contributed by atoms with van der Waals surface area (Å²) in [6, 6.07) is 5.27. The maximum atomic E-state index is 12.6. The van der Waals surface area contributed by atoms with Gasteiger partial charge < -0.3 is 20.0 Å². The second kappa shape index (κ2) is 6.83. The predicted octanol–water partition coefficient (Wildman–Crippen LogP) is 1.61. The van der Waals surface area contributed by atoms with E-state index in [4.69, 9.17) is 21.7 Å². The number of hydrazone groups is 1. The smallest absolute Gasteiger partial charge is 0.267 e. The molecular weight excluding hydrogens is 356 g/mol. The van der Waals surface area contributed by atoms with Crippen LogP contribution in [0, 0.1) is 4.77 Å². The lowest BCUT2D eigenvalue weighted by Crippen LogP contribution is -2.28. The van der Waals surface area contributed by atoms with Crippen molar-refractivity contribution in [3.63, 3.8) is 0 Å². The van der Waals surface area contributed by atoms with Crippen molar-refractivity contribution in [2.45, 2.75) is 12.5 Å². The molecule has 0 spiro atoms. The SMILES string of the molecule is COc1ccc(OC)c(C2CC(c3c(O)n(C)c(=S)n(C)c3=O)=NN2)c1. The first-order chi connectivity index (χ1) is 12.4. The first-order valence-electron chi connectivity index (χ1n) is 7.92. The average Bonchev–Trinajstić information content (AvgIpc) is 3.13. The predicted molar refractivity (Wildman–Crippen MR) is 99.7 cm³/mol. The maximum Gasteiger partial charge on any atom is 0.267 e. The molecule has 0 amide bonds. The number of methoxy groups -OCH3 is 2. The van der Waals surface area contributed by atoms with E-state index in [1.54, 1.807) is 28.3 Å². The second-order valence-electron chi connectivity index (χ2n) is 5.96. The third kappa shape index (κ3) is 2.84. The zero-order valence-electron chi connectivity index (χ0n) is 14.9. The highest BCUT2D eigenvalue weighted by Gasteiger charge is 2.29. The van der Waals surface area contributed by atoms with Crippen LogP contribution in [0.2, 0.25) is 0 Å². The van der Waals surface area contributed by atoms with Gasteiger partial charge >= 0.3 is 0 Å². The average molecular weight is 376 g/mol. The minimum absolute atomic E-state index is 0.139. The first-order valence-corrected chi connectivity index (χ1v) is 8.33. The van der Waals surface area contributed by atoms with Crippen LogP contribution in [0.3, 0.4) is 0 Å². The second-order valence-corrected chi connectivity index (χ2v) is 6.32. The molecule has 1 aromatic heterocycles. The van der Waals surface area contributed by atoms with Crippen molar-refractivity contribution in [3.05, 3.63) is 44.5 Å². The summed E-state index contributed by atoms with van der Waals surface area (Å²) < 4.78 is 13.6. The van der Waals surface area contributed by atoms with E-state index in [-0.39, 0.29) is 27.8 Å². The van der Waals surface area contributed by atoms with Crippen molar-refractivity contribution in [1.29, 1.82) is 0 Å². The Bertz CT molecular complexity index is 1010. The van der Waals surface area contributed by atoms with Gasteiger partial charge in [0.1, 0.15) is 17.1 Å². The Morgan fingerprint density at radius 1 is 1.27 bits per heavy atom. The molecule has 8 nitrogen and oxygen atoms in total. The number of hydrogen-bond acceptors (Lipinski definition) is 7. The van der Waals surface area contributed by atoms with Crippen molar-refractivity contribution >= 4 is 17.9 Å². The Kier molecular flexibility index (Phi) is 4.73. The van der Waals surface area contributed by atoms with E-state index in [1.165, 1.54) is 9.13 Å². The molecule has 2 aromatic rings. The molecule has 0 bridgehead atoms. The van der Waals surface area contributed by atoms with Crippen LogP contribution in [0.1, 0.15) is 23.6 Å². The molecule has 0 saturated heterocycles. The summed E-state index contributed by atoms with van der Waals surface area (Å²) in [5, 5.41) is 14.7. The molecule has 26 heavy (non-hydrogen) atoms. The van der Waals surface area contributed by atoms with Gasteiger partial charge in [0.05, 0.1) is 26.0 Å². The molecule has 2 heterocycles. The molecule has 1 aliphatic heterocycles. The molecule has 1 aliphatic rings. The molecule has 9 heteroatoms. The molecule has 1 unspecified atom stereocenters. The van der Waals surface area contributed by atoms with Gasteiger partial charge in [-0.2, -0.15) is 5.10 Å². The van der Waals surface area contributed by atoms with Crippen molar-refractivity contribution in [3.8, 4) is 17.4 Å². The van der Waals surface area contributed by atoms with Crippen LogP contribution in [0.15, 0.2) is 28.1 Å². The Balaban J connectivity index is 2.01. The van der Waals surface area contributed by atoms with E-state index in [0.29, 0.717) is 23.6 Å². The van der Waals surface area contributed by atoms with Gasteiger partial charge in [-0.25, -0.2) is 0 Å². The maximum absolute atomic E-state index is 12.6. The molecule has 0 saturated carbocycles. The lowest BCUT2D eigenvalue weighted by Gasteiger charge is -2.16. The summed E-state index contributed by atoms with van der Waals surface area (Å²) in [7, 11) is 6.35. The van der Waals surface area contributed by atoms with Crippen molar-refractivity contribution in [2.75, 3.05) is 14.2 Å². The lowest BCUT2D eigenvalue weighted by atomic mass is 9.99. The zero-order valence-corrected chi connectivity index (χ0v) is 15.8. The summed E-state index contributed by atoms with van der Waals surface area (Å²) in [4.78, 5) is 12.6. The minimum atomic E-state index is -0.385. The molecule has 1 atom stereocenters. The highest BCUT2D eigenvalue weighted by atomic mass is 32.1. The molecular formula is C17H20N4O4S. The third-order valence-corrected chi connectivity index (χ3v) is 5.04. The highest BCUT2D eigenvalue weighted by molar-refractivity contribution is 7.71. The van der Waals surface area contributed by atoms with E-state index in [9.17, 15) is 9.90 Å². The Labute approximate surface area is 155 Å². The number of nitrogens with zero attached hydrogens (tertiary/aromatic N) is 3. The van der Waals surface area contributed by atoms with Gasteiger partial charge in [-0.3, -0.25) is 13.9 Å². The molecule has 138 valence electrons. The van der Waals surface area contributed by atoms with Crippen LogP contribution in [0.25, 0.3) is 0 Å². The number of rotatable bonds is 4. The van der Waals surface area contributed by atoms with E-state index in [0.717, 1.165) is 5.56 Å². The van der Waals surface area contributed by atoms with Gasteiger partial charge in [-0.05, 0) is 30.4 Å². The largest absolute Gasteiger partial charge is 0.497 e. The van der Waals surface area contributed by atoms with E-state index in [2.05, 4.69) is 10.5 Å². The molecule has 0 fully saturated rings. The number of nitrogens with one attached hydrogen (secondary N) is 1. The van der Waals surface area contributed by atoms with Crippen LogP contribution in [-0.4, -0.2) is 34.2 Å². The standard InChI is InChI=1S/C17H20N4O4S/c1-20-15(22)14(16(23)21(2)17(20)26)12-8-11(18-19-12)10-7-9(24-3)5-6-13(10)25-4/h5-7,11,18,22H,8H2,1-4H3. The van der Waals surface area contributed by atoms with Gasteiger partial charge in [-0.1, -0.05) is 0 Å². The van der Waals surface area contributed by atoms with Crippen LogP contribution < -0.4 is 20.5 Å². The zero-order chi connectivity index (χ0) is 19.0. The van der Waals surface area contributed by atoms with Crippen LogP contribution in [-0.2, 0) is 14.1 Å².